The number of fused-ring (bicyclic) bond motifs is 9. The van der Waals surface area contributed by atoms with E-state index in [1.54, 1.807) is 30.2 Å². The van der Waals surface area contributed by atoms with Crippen LogP contribution < -0.4 is 4.74 Å². The van der Waals surface area contributed by atoms with Gasteiger partial charge in [-0.15, -0.1) is 0 Å². The second kappa shape index (κ2) is 11.2. The summed E-state index contributed by atoms with van der Waals surface area (Å²) in [5, 5.41) is 0. The summed E-state index contributed by atoms with van der Waals surface area (Å²) in [7, 11) is 1.70. The van der Waals surface area contributed by atoms with Gasteiger partial charge in [-0.25, -0.2) is 8.78 Å². The molecular weight excluding hydrogens is 454 g/mol. The lowest BCUT2D eigenvalue weighted by molar-refractivity contribution is 0.0136. The first-order chi connectivity index (χ1) is 16.9. The zero-order chi connectivity index (χ0) is 24.8. The fourth-order valence-electron chi connectivity index (χ4n) is 5.14. The number of carbonyl (C=O) groups excluding carboxylic acids is 2. The van der Waals surface area contributed by atoms with Gasteiger partial charge >= 0.3 is 0 Å². The molecule has 1 saturated heterocycles. The average Bonchev–Trinajstić information content (AvgIpc) is 2.85. The molecule has 2 aromatic rings. The molecule has 3 aliphatic heterocycles. The summed E-state index contributed by atoms with van der Waals surface area (Å²) in [4.78, 5) is 29.9. The third-order valence-corrected chi connectivity index (χ3v) is 7.08. The average molecular weight is 487 g/mol. The zero-order valence-electron chi connectivity index (χ0n) is 20.1. The number of benzene rings is 2. The maximum Gasteiger partial charge on any atom is 0.257 e. The number of methoxy groups -OCH3 is 1. The Morgan fingerprint density at radius 2 is 1.71 bits per heavy atom. The third-order valence-electron chi connectivity index (χ3n) is 7.08. The molecule has 0 aliphatic carbocycles. The van der Waals surface area contributed by atoms with Gasteiger partial charge < -0.3 is 19.3 Å². The van der Waals surface area contributed by atoms with Gasteiger partial charge in [-0.05, 0) is 55.4 Å². The molecule has 3 aliphatic rings. The predicted molar refractivity (Wildman–Crippen MR) is 127 cm³/mol. The van der Waals surface area contributed by atoms with Crippen molar-refractivity contribution < 1.29 is 27.8 Å². The number of hydrogen-bond acceptors (Lipinski definition) is 4. The number of ether oxygens (including phenoxy) is 2. The quantitative estimate of drug-likeness (QED) is 0.639. The number of rotatable bonds is 3. The second-order valence-electron chi connectivity index (χ2n) is 9.48. The van der Waals surface area contributed by atoms with Gasteiger partial charge in [-0.3, -0.25) is 9.59 Å². The van der Waals surface area contributed by atoms with Gasteiger partial charge in [0.1, 0.15) is 24.0 Å². The van der Waals surface area contributed by atoms with Gasteiger partial charge in [-0.2, -0.15) is 0 Å². The van der Waals surface area contributed by atoms with Crippen LogP contribution >= 0.6 is 0 Å². The first-order valence-corrected chi connectivity index (χ1v) is 12.2. The summed E-state index contributed by atoms with van der Waals surface area (Å²) in [5.41, 5.74) is 0.451. The number of carbonyl (C=O) groups is 2. The highest BCUT2D eigenvalue weighted by Gasteiger charge is 2.36. The van der Waals surface area contributed by atoms with E-state index in [0.29, 0.717) is 37.6 Å². The number of halogens is 2. The molecule has 3 heterocycles. The van der Waals surface area contributed by atoms with Crippen LogP contribution in [-0.2, 0) is 4.74 Å². The Hall–Kier alpha value is -3.00. The van der Waals surface area contributed by atoms with Crippen molar-refractivity contribution >= 4 is 11.8 Å². The van der Waals surface area contributed by atoms with Crippen LogP contribution in [0.2, 0.25) is 0 Å². The normalized spacial score (nSPS) is 18.9. The molecule has 0 aromatic heterocycles. The first-order valence-electron chi connectivity index (χ1n) is 12.2. The van der Waals surface area contributed by atoms with Gasteiger partial charge in [-0.1, -0.05) is 18.6 Å². The smallest absolute Gasteiger partial charge is 0.257 e. The number of piperidine rings is 1. The standard InChI is InChI=1S/C27H32F2N2O4/c1-34-19-27-8-4-5-11-30(25(32)20-16-21(28)18-22(29)17-20)14-15-35-24-7-3-2-6-23(24)26(33)31(12-9-27)13-10-27/h2-3,6-7,16-18H,4-5,8-15,19H2,1H3. The van der Waals surface area contributed by atoms with E-state index >= 15 is 0 Å². The summed E-state index contributed by atoms with van der Waals surface area (Å²) < 4.78 is 39.0. The minimum Gasteiger partial charge on any atom is -0.491 e. The summed E-state index contributed by atoms with van der Waals surface area (Å²) in [6.07, 6.45) is 4.24. The van der Waals surface area contributed by atoms with E-state index in [1.807, 2.05) is 11.0 Å². The summed E-state index contributed by atoms with van der Waals surface area (Å²) in [6, 6.07) is 9.97. The molecular formula is C27H32F2N2O4. The van der Waals surface area contributed by atoms with Crippen molar-refractivity contribution in [2.45, 2.75) is 32.1 Å². The molecule has 0 N–H and O–H groups in total. The lowest BCUT2D eigenvalue weighted by atomic mass is 9.75. The van der Waals surface area contributed by atoms with E-state index in [4.69, 9.17) is 9.47 Å². The Balaban J connectivity index is 1.59. The Bertz CT molecular complexity index is 1030. The Labute approximate surface area is 204 Å². The number of amides is 2. The Kier molecular flexibility index (Phi) is 8.00. The molecule has 5 rings (SSSR count). The zero-order valence-corrected chi connectivity index (χ0v) is 20.1. The minimum absolute atomic E-state index is 0.0117. The van der Waals surface area contributed by atoms with E-state index < -0.39 is 17.5 Å². The van der Waals surface area contributed by atoms with Crippen LogP contribution in [0.5, 0.6) is 5.75 Å². The van der Waals surface area contributed by atoms with Crippen LogP contribution in [0.15, 0.2) is 42.5 Å². The van der Waals surface area contributed by atoms with Crippen LogP contribution in [0, 0.1) is 17.0 Å². The lowest BCUT2D eigenvalue weighted by Crippen LogP contribution is -2.45. The highest BCUT2D eigenvalue weighted by Crippen LogP contribution is 2.38. The van der Waals surface area contributed by atoms with Crippen LogP contribution in [0.25, 0.3) is 0 Å². The summed E-state index contributed by atoms with van der Waals surface area (Å²) in [5.74, 6) is -1.63. The Morgan fingerprint density at radius 1 is 1.00 bits per heavy atom. The van der Waals surface area contributed by atoms with E-state index in [9.17, 15) is 18.4 Å². The molecule has 2 bridgehead atoms. The fourth-order valence-corrected chi connectivity index (χ4v) is 5.14. The number of hydrogen-bond donors (Lipinski definition) is 0. The molecule has 2 aromatic carbocycles. The van der Waals surface area contributed by atoms with Gasteiger partial charge in [0.15, 0.2) is 0 Å². The van der Waals surface area contributed by atoms with E-state index in [0.717, 1.165) is 50.3 Å². The lowest BCUT2D eigenvalue weighted by Gasteiger charge is -2.41. The van der Waals surface area contributed by atoms with E-state index in [2.05, 4.69) is 0 Å². The van der Waals surface area contributed by atoms with Crippen LogP contribution in [0.3, 0.4) is 0 Å². The Morgan fingerprint density at radius 3 is 2.43 bits per heavy atom. The monoisotopic (exact) mass is 486 g/mol. The SMILES string of the molecule is COCC12CCCCN(C(=O)c3cc(F)cc(F)c3)CCOc3ccccc3C(=O)N(CC1)CC2. The van der Waals surface area contributed by atoms with Crippen LogP contribution in [-0.4, -0.2) is 68.1 Å². The molecule has 1 fully saturated rings. The molecule has 35 heavy (non-hydrogen) atoms. The molecule has 188 valence electrons. The molecule has 0 radical (unpaired) electrons. The van der Waals surface area contributed by atoms with Gasteiger partial charge in [0.2, 0.25) is 0 Å². The fraction of sp³-hybridized carbons (Fsp3) is 0.481. The number of nitrogens with zero attached hydrogens (tertiary/aromatic N) is 2. The van der Waals surface area contributed by atoms with Gasteiger partial charge in [0.05, 0.1) is 18.7 Å². The van der Waals surface area contributed by atoms with Crippen molar-refractivity contribution in [3.05, 3.63) is 65.2 Å². The van der Waals surface area contributed by atoms with Crippen molar-refractivity contribution in [1.29, 1.82) is 0 Å². The van der Waals surface area contributed by atoms with E-state index in [1.165, 1.54) is 0 Å². The molecule has 2 amide bonds. The topological polar surface area (TPSA) is 59.1 Å². The predicted octanol–water partition coefficient (Wildman–Crippen LogP) is 4.54. The molecule has 6 nitrogen and oxygen atoms in total. The van der Waals surface area contributed by atoms with Crippen molar-refractivity contribution in [3.63, 3.8) is 0 Å². The summed E-state index contributed by atoms with van der Waals surface area (Å²) >= 11 is 0. The molecule has 0 spiro atoms. The second-order valence-corrected chi connectivity index (χ2v) is 9.48. The molecule has 0 unspecified atom stereocenters. The third kappa shape index (κ3) is 5.99. The van der Waals surface area contributed by atoms with Crippen molar-refractivity contribution in [1.82, 2.24) is 9.80 Å². The minimum atomic E-state index is -0.789. The van der Waals surface area contributed by atoms with E-state index in [-0.39, 0.29) is 30.0 Å². The highest BCUT2D eigenvalue weighted by molar-refractivity contribution is 5.97. The highest BCUT2D eigenvalue weighted by atomic mass is 19.1. The summed E-state index contributed by atoms with van der Waals surface area (Å²) in [6.45, 7) is 2.77. The van der Waals surface area contributed by atoms with Crippen LogP contribution in [0.4, 0.5) is 8.78 Å². The van der Waals surface area contributed by atoms with Crippen molar-refractivity contribution in [3.8, 4) is 5.75 Å². The molecule has 0 atom stereocenters. The first kappa shape index (κ1) is 25.1. The molecule has 0 saturated carbocycles. The maximum absolute atomic E-state index is 13.8. The van der Waals surface area contributed by atoms with Gasteiger partial charge in [0, 0.05) is 38.4 Å². The van der Waals surface area contributed by atoms with Crippen molar-refractivity contribution in [2.75, 3.05) is 46.5 Å². The van der Waals surface area contributed by atoms with Crippen molar-refractivity contribution in [2.24, 2.45) is 5.41 Å². The van der Waals surface area contributed by atoms with Crippen LogP contribution in [0.1, 0.15) is 52.8 Å². The van der Waals surface area contributed by atoms with Gasteiger partial charge in [0.25, 0.3) is 11.8 Å². The largest absolute Gasteiger partial charge is 0.491 e. The molecule has 8 heteroatoms. The maximum atomic E-state index is 13.8. The number of para-hydroxylation sites is 1.